The molecular formula is C18H18BrN3O. The summed E-state index contributed by atoms with van der Waals surface area (Å²) in [6.45, 7) is 2.03. The van der Waals surface area contributed by atoms with Crippen LogP contribution in [0.4, 0.5) is 0 Å². The van der Waals surface area contributed by atoms with Crippen LogP contribution in [0.5, 0.6) is 0 Å². The summed E-state index contributed by atoms with van der Waals surface area (Å²) < 4.78 is 3.93. The third-order valence-electron chi connectivity index (χ3n) is 3.99. The van der Waals surface area contributed by atoms with Crippen LogP contribution in [0.25, 0.3) is 5.69 Å². The molecule has 3 aromatic rings. The number of para-hydroxylation sites is 1. The zero-order chi connectivity index (χ0) is 16.6. The maximum absolute atomic E-state index is 12.6. The number of hydrogen-bond acceptors (Lipinski definition) is 2. The normalized spacial score (nSPS) is 12.3. The van der Waals surface area contributed by atoms with Crippen LogP contribution in [0.15, 0.2) is 63.9 Å². The van der Waals surface area contributed by atoms with Gasteiger partial charge in [-0.1, -0.05) is 48.0 Å². The second-order valence-electron chi connectivity index (χ2n) is 5.56. The molecule has 2 aromatic carbocycles. The Hall–Kier alpha value is -2.11. The molecule has 1 heterocycles. The molecule has 4 nitrogen and oxygen atoms in total. The second-order valence-corrected chi connectivity index (χ2v) is 6.36. The first-order valence-corrected chi connectivity index (χ1v) is 8.15. The summed E-state index contributed by atoms with van der Waals surface area (Å²) in [7, 11) is 1.85. The topological polar surface area (TPSA) is 53.0 Å². The maximum atomic E-state index is 12.6. The molecule has 0 aliphatic rings. The lowest BCUT2D eigenvalue weighted by Crippen LogP contribution is -2.21. The molecule has 0 bridgehead atoms. The number of halogens is 1. The van der Waals surface area contributed by atoms with Gasteiger partial charge in [-0.3, -0.25) is 9.48 Å². The Morgan fingerprint density at radius 1 is 1.04 bits per heavy atom. The van der Waals surface area contributed by atoms with Gasteiger partial charge in [0, 0.05) is 7.05 Å². The fourth-order valence-corrected chi connectivity index (χ4v) is 3.39. The summed E-state index contributed by atoms with van der Waals surface area (Å²) in [5.41, 5.74) is 10.0. The van der Waals surface area contributed by atoms with Crippen LogP contribution in [-0.4, -0.2) is 9.36 Å². The molecule has 0 aliphatic carbocycles. The number of aryl methyl sites for hydroxylation is 1. The monoisotopic (exact) mass is 371 g/mol. The number of nitrogens with zero attached hydrogens (tertiary/aromatic N) is 2. The van der Waals surface area contributed by atoms with Gasteiger partial charge in [-0.25, -0.2) is 4.68 Å². The maximum Gasteiger partial charge on any atom is 0.286 e. The van der Waals surface area contributed by atoms with E-state index < -0.39 is 0 Å². The van der Waals surface area contributed by atoms with Crippen molar-refractivity contribution < 1.29 is 0 Å². The van der Waals surface area contributed by atoms with Crippen LogP contribution in [0.2, 0.25) is 0 Å². The van der Waals surface area contributed by atoms with E-state index in [1.54, 1.807) is 4.68 Å². The molecule has 0 fully saturated rings. The van der Waals surface area contributed by atoms with Gasteiger partial charge >= 0.3 is 0 Å². The molecule has 118 valence electrons. The highest BCUT2D eigenvalue weighted by Crippen LogP contribution is 2.26. The highest BCUT2D eigenvalue weighted by molar-refractivity contribution is 9.10. The molecular weight excluding hydrogens is 354 g/mol. The standard InChI is InChI=1S/C18H18BrN3O/c1-12-8-10-13(11-9-12)16(20)17-15(19)18(23)22(21(17)2)14-6-4-3-5-7-14/h3-11,16H,20H2,1-2H3. The molecule has 3 rings (SSSR count). The van der Waals surface area contributed by atoms with Crippen LogP contribution in [0.1, 0.15) is 22.9 Å². The number of rotatable bonds is 3. The van der Waals surface area contributed by atoms with Gasteiger partial charge in [-0.2, -0.15) is 0 Å². The summed E-state index contributed by atoms with van der Waals surface area (Å²) in [6, 6.07) is 17.2. The number of aromatic nitrogens is 2. The summed E-state index contributed by atoms with van der Waals surface area (Å²) in [5.74, 6) is 0. The summed E-state index contributed by atoms with van der Waals surface area (Å²) >= 11 is 3.43. The first-order chi connectivity index (χ1) is 11.0. The van der Waals surface area contributed by atoms with Gasteiger partial charge in [0.05, 0.1) is 17.4 Å². The Morgan fingerprint density at radius 3 is 2.26 bits per heavy atom. The largest absolute Gasteiger partial charge is 0.319 e. The molecule has 1 aromatic heterocycles. The minimum Gasteiger partial charge on any atom is -0.319 e. The molecule has 2 N–H and O–H groups in total. The van der Waals surface area contributed by atoms with Crippen molar-refractivity contribution >= 4 is 15.9 Å². The van der Waals surface area contributed by atoms with E-state index >= 15 is 0 Å². The average Bonchev–Trinajstić information content (AvgIpc) is 2.78. The summed E-state index contributed by atoms with van der Waals surface area (Å²) in [5, 5.41) is 0. The molecule has 23 heavy (non-hydrogen) atoms. The molecule has 1 unspecified atom stereocenters. The smallest absolute Gasteiger partial charge is 0.286 e. The molecule has 0 radical (unpaired) electrons. The van der Waals surface area contributed by atoms with Crippen LogP contribution in [0, 0.1) is 6.92 Å². The van der Waals surface area contributed by atoms with E-state index in [0.717, 1.165) is 16.9 Å². The van der Waals surface area contributed by atoms with Crippen molar-refractivity contribution in [3.63, 3.8) is 0 Å². The molecule has 0 spiro atoms. The van der Waals surface area contributed by atoms with Crippen molar-refractivity contribution in [2.45, 2.75) is 13.0 Å². The van der Waals surface area contributed by atoms with E-state index in [2.05, 4.69) is 15.9 Å². The van der Waals surface area contributed by atoms with E-state index in [9.17, 15) is 4.79 Å². The fraction of sp³-hybridized carbons (Fsp3) is 0.167. The third kappa shape index (κ3) is 2.78. The van der Waals surface area contributed by atoms with Crippen molar-refractivity contribution in [2.75, 3.05) is 0 Å². The quantitative estimate of drug-likeness (QED) is 0.767. The van der Waals surface area contributed by atoms with E-state index in [1.165, 1.54) is 5.56 Å². The zero-order valence-electron chi connectivity index (χ0n) is 13.0. The van der Waals surface area contributed by atoms with E-state index in [-0.39, 0.29) is 11.6 Å². The van der Waals surface area contributed by atoms with Gasteiger partial charge in [0.2, 0.25) is 0 Å². The first-order valence-electron chi connectivity index (χ1n) is 7.35. The predicted molar refractivity (Wildman–Crippen MR) is 95.9 cm³/mol. The van der Waals surface area contributed by atoms with Crippen molar-refractivity contribution in [2.24, 2.45) is 12.8 Å². The molecule has 0 saturated heterocycles. The van der Waals surface area contributed by atoms with Gasteiger partial charge in [-0.15, -0.1) is 0 Å². The summed E-state index contributed by atoms with van der Waals surface area (Å²) in [6.07, 6.45) is 0. The Balaban J connectivity index is 2.14. The minimum atomic E-state index is -0.382. The summed E-state index contributed by atoms with van der Waals surface area (Å²) in [4.78, 5) is 12.6. The Bertz CT molecular complexity index is 879. The minimum absolute atomic E-state index is 0.115. The zero-order valence-corrected chi connectivity index (χ0v) is 14.6. The first kappa shape index (κ1) is 15.8. The van der Waals surface area contributed by atoms with Crippen LogP contribution in [0.3, 0.4) is 0 Å². The number of hydrogen-bond donors (Lipinski definition) is 1. The van der Waals surface area contributed by atoms with Crippen LogP contribution in [-0.2, 0) is 7.05 Å². The van der Waals surface area contributed by atoms with Crippen molar-refractivity contribution in [1.29, 1.82) is 0 Å². The average molecular weight is 372 g/mol. The lowest BCUT2D eigenvalue weighted by Gasteiger charge is -2.16. The number of benzene rings is 2. The van der Waals surface area contributed by atoms with Gasteiger partial charge in [0.15, 0.2) is 0 Å². The highest BCUT2D eigenvalue weighted by Gasteiger charge is 2.23. The van der Waals surface area contributed by atoms with Crippen LogP contribution < -0.4 is 11.3 Å². The van der Waals surface area contributed by atoms with Crippen molar-refractivity contribution in [3.8, 4) is 5.69 Å². The molecule has 0 aliphatic heterocycles. The van der Waals surface area contributed by atoms with Gasteiger partial charge < -0.3 is 5.73 Å². The lowest BCUT2D eigenvalue weighted by molar-refractivity contribution is 0.596. The molecule has 5 heteroatoms. The Morgan fingerprint density at radius 2 is 1.65 bits per heavy atom. The van der Waals surface area contributed by atoms with Gasteiger partial charge in [0.25, 0.3) is 5.56 Å². The van der Waals surface area contributed by atoms with Crippen LogP contribution >= 0.6 is 15.9 Å². The predicted octanol–water partition coefficient (Wildman–Crippen LogP) is 3.30. The van der Waals surface area contributed by atoms with E-state index in [4.69, 9.17) is 5.73 Å². The fourth-order valence-electron chi connectivity index (χ4n) is 2.72. The molecule has 0 amide bonds. The van der Waals surface area contributed by atoms with E-state index in [1.807, 2.05) is 73.3 Å². The second kappa shape index (κ2) is 6.18. The van der Waals surface area contributed by atoms with Gasteiger partial charge in [-0.05, 0) is 40.5 Å². The SMILES string of the molecule is Cc1ccc(C(N)c2c(Br)c(=O)n(-c3ccccc3)n2C)cc1. The Kier molecular flexibility index (Phi) is 4.24. The lowest BCUT2D eigenvalue weighted by atomic mass is 10.0. The highest BCUT2D eigenvalue weighted by atomic mass is 79.9. The van der Waals surface area contributed by atoms with Gasteiger partial charge in [0.1, 0.15) is 4.47 Å². The number of nitrogens with two attached hydrogens (primary N) is 1. The van der Waals surface area contributed by atoms with E-state index in [0.29, 0.717) is 4.47 Å². The third-order valence-corrected chi connectivity index (χ3v) is 4.73. The van der Waals surface area contributed by atoms with Crippen molar-refractivity contribution in [1.82, 2.24) is 9.36 Å². The molecule has 1 atom stereocenters. The van der Waals surface area contributed by atoms with Crippen molar-refractivity contribution in [3.05, 3.63) is 86.2 Å². The molecule has 0 saturated carbocycles. The Labute approximate surface area is 143 Å².